The fraction of sp³-hybridized carbons (Fsp3) is 0.200. The van der Waals surface area contributed by atoms with Gasteiger partial charge in [-0.05, 0) is 54.3 Å². The van der Waals surface area contributed by atoms with E-state index in [-0.39, 0.29) is 11.9 Å². The van der Waals surface area contributed by atoms with Crippen LogP contribution in [0.25, 0.3) is 0 Å². The third-order valence-corrected chi connectivity index (χ3v) is 3.43. The number of anilines is 1. The van der Waals surface area contributed by atoms with Gasteiger partial charge in [-0.15, -0.1) is 0 Å². The van der Waals surface area contributed by atoms with Gasteiger partial charge in [-0.3, -0.25) is 0 Å². The Morgan fingerprint density at radius 2 is 1.89 bits per heavy atom. The van der Waals surface area contributed by atoms with Gasteiger partial charge < -0.3 is 10.4 Å². The molecule has 0 spiro atoms. The molecule has 0 saturated heterocycles. The van der Waals surface area contributed by atoms with E-state index >= 15 is 0 Å². The maximum Gasteiger partial charge on any atom is 0.123 e. The van der Waals surface area contributed by atoms with Gasteiger partial charge >= 0.3 is 0 Å². The first-order chi connectivity index (χ1) is 8.74. The Balaban J connectivity index is 1.85. The molecule has 0 bridgehead atoms. The van der Waals surface area contributed by atoms with Crippen molar-refractivity contribution >= 4 is 5.69 Å². The van der Waals surface area contributed by atoms with E-state index < -0.39 is 0 Å². The number of aromatic hydroxyl groups is 1. The summed E-state index contributed by atoms with van der Waals surface area (Å²) in [7, 11) is 0. The molecule has 92 valence electrons. The molecule has 18 heavy (non-hydrogen) atoms. The number of halogens is 1. The van der Waals surface area contributed by atoms with Crippen molar-refractivity contribution in [1.29, 1.82) is 0 Å². The molecule has 0 aromatic heterocycles. The minimum absolute atomic E-state index is 0.192. The van der Waals surface area contributed by atoms with Crippen molar-refractivity contribution in [2.75, 3.05) is 5.32 Å². The summed E-state index contributed by atoms with van der Waals surface area (Å²) in [4.78, 5) is 0. The highest BCUT2D eigenvalue weighted by Gasteiger charge is 2.24. The number of hydrogen-bond donors (Lipinski definition) is 2. The fourth-order valence-corrected chi connectivity index (χ4v) is 2.53. The van der Waals surface area contributed by atoms with Gasteiger partial charge in [0.15, 0.2) is 0 Å². The van der Waals surface area contributed by atoms with E-state index in [0.717, 1.165) is 29.7 Å². The van der Waals surface area contributed by atoms with Crippen molar-refractivity contribution in [3.05, 3.63) is 59.4 Å². The molecule has 3 rings (SSSR count). The van der Waals surface area contributed by atoms with Crippen LogP contribution in [-0.2, 0) is 6.42 Å². The zero-order valence-electron chi connectivity index (χ0n) is 9.86. The number of phenolic OH excluding ortho intramolecular Hbond substituents is 1. The highest BCUT2D eigenvalue weighted by atomic mass is 19.1. The maximum absolute atomic E-state index is 12.8. The first kappa shape index (κ1) is 11.1. The van der Waals surface area contributed by atoms with Crippen molar-refractivity contribution in [3.8, 4) is 5.75 Å². The molecule has 1 unspecified atom stereocenters. The van der Waals surface area contributed by atoms with Crippen molar-refractivity contribution in [2.24, 2.45) is 0 Å². The SMILES string of the molecule is Oc1cccc2c1CCC2Nc1ccc(F)cc1. The summed E-state index contributed by atoms with van der Waals surface area (Å²) in [6.45, 7) is 0. The van der Waals surface area contributed by atoms with Gasteiger partial charge in [0.05, 0.1) is 6.04 Å². The van der Waals surface area contributed by atoms with Crippen LogP contribution in [0.15, 0.2) is 42.5 Å². The second-order valence-electron chi connectivity index (χ2n) is 4.59. The lowest BCUT2D eigenvalue weighted by atomic mass is 10.1. The summed E-state index contributed by atoms with van der Waals surface area (Å²) in [5, 5.41) is 13.1. The topological polar surface area (TPSA) is 32.3 Å². The predicted octanol–water partition coefficient (Wildman–Crippen LogP) is 3.63. The zero-order valence-corrected chi connectivity index (χ0v) is 9.86. The molecule has 0 aliphatic heterocycles. The first-order valence-corrected chi connectivity index (χ1v) is 6.07. The standard InChI is InChI=1S/C15H14FNO/c16-10-4-6-11(7-5-10)17-14-9-8-13-12(14)2-1-3-15(13)18/h1-7,14,17-18H,8-9H2. The molecule has 2 aromatic carbocycles. The van der Waals surface area contributed by atoms with E-state index in [0.29, 0.717) is 5.75 Å². The van der Waals surface area contributed by atoms with Crippen molar-refractivity contribution in [2.45, 2.75) is 18.9 Å². The van der Waals surface area contributed by atoms with Crippen molar-refractivity contribution < 1.29 is 9.50 Å². The number of phenols is 1. The van der Waals surface area contributed by atoms with E-state index in [1.165, 1.54) is 12.1 Å². The quantitative estimate of drug-likeness (QED) is 0.844. The van der Waals surface area contributed by atoms with Crippen LogP contribution in [0.3, 0.4) is 0 Å². The minimum Gasteiger partial charge on any atom is -0.508 e. The average Bonchev–Trinajstić information content (AvgIpc) is 2.77. The summed E-state index contributed by atoms with van der Waals surface area (Å²) >= 11 is 0. The first-order valence-electron chi connectivity index (χ1n) is 6.07. The van der Waals surface area contributed by atoms with Gasteiger partial charge in [-0.1, -0.05) is 12.1 Å². The Hall–Kier alpha value is -2.03. The Kier molecular flexibility index (Phi) is 2.67. The number of nitrogens with one attached hydrogen (secondary N) is 1. The van der Waals surface area contributed by atoms with E-state index in [1.54, 1.807) is 18.2 Å². The van der Waals surface area contributed by atoms with Crippen LogP contribution >= 0.6 is 0 Å². The van der Waals surface area contributed by atoms with Gasteiger partial charge in [0, 0.05) is 5.69 Å². The molecule has 2 nitrogen and oxygen atoms in total. The maximum atomic E-state index is 12.8. The number of fused-ring (bicyclic) bond motifs is 1. The van der Waals surface area contributed by atoms with Crippen LogP contribution in [0, 0.1) is 5.82 Å². The molecule has 1 aliphatic carbocycles. The smallest absolute Gasteiger partial charge is 0.123 e. The van der Waals surface area contributed by atoms with Gasteiger partial charge in [0.1, 0.15) is 11.6 Å². The molecule has 2 aromatic rings. The van der Waals surface area contributed by atoms with Crippen LogP contribution < -0.4 is 5.32 Å². The Morgan fingerprint density at radius 3 is 2.67 bits per heavy atom. The zero-order chi connectivity index (χ0) is 12.5. The van der Waals surface area contributed by atoms with Crippen molar-refractivity contribution in [1.82, 2.24) is 0 Å². The number of benzene rings is 2. The minimum atomic E-state index is -0.231. The summed E-state index contributed by atoms with van der Waals surface area (Å²) in [6.07, 6.45) is 1.82. The largest absolute Gasteiger partial charge is 0.508 e. The molecule has 0 saturated carbocycles. The second kappa shape index (κ2) is 4.33. The molecule has 0 fully saturated rings. The summed E-state index contributed by atoms with van der Waals surface area (Å²) in [5.41, 5.74) is 3.06. The fourth-order valence-electron chi connectivity index (χ4n) is 2.53. The van der Waals surface area contributed by atoms with Crippen LogP contribution in [0.5, 0.6) is 5.75 Å². The number of rotatable bonds is 2. The number of hydrogen-bond acceptors (Lipinski definition) is 2. The van der Waals surface area contributed by atoms with E-state index in [2.05, 4.69) is 5.32 Å². The van der Waals surface area contributed by atoms with E-state index in [1.807, 2.05) is 12.1 Å². The van der Waals surface area contributed by atoms with E-state index in [4.69, 9.17) is 0 Å². The van der Waals surface area contributed by atoms with Crippen LogP contribution in [-0.4, -0.2) is 5.11 Å². The Bertz CT molecular complexity index is 565. The van der Waals surface area contributed by atoms with Crippen molar-refractivity contribution in [3.63, 3.8) is 0 Å². The molecule has 0 radical (unpaired) electrons. The highest BCUT2D eigenvalue weighted by molar-refractivity contribution is 5.51. The molecule has 1 aliphatic rings. The second-order valence-corrected chi connectivity index (χ2v) is 4.59. The van der Waals surface area contributed by atoms with Gasteiger partial charge in [-0.2, -0.15) is 0 Å². The van der Waals surface area contributed by atoms with Gasteiger partial charge in [-0.25, -0.2) is 4.39 Å². The summed E-state index contributed by atoms with van der Waals surface area (Å²) in [5.74, 6) is 0.140. The van der Waals surface area contributed by atoms with Crippen LogP contribution in [0.4, 0.5) is 10.1 Å². The lowest BCUT2D eigenvalue weighted by Gasteiger charge is -2.15. The lowest BCUT2D eigenvalue weighted by molar-refractivity contribution is 0.469. The summed E-state index contributed by atoms with van der Waals surface area (Å²) < 4.78 is 12.8. The molecule has 0 amide bonds. The molecule has 2 N–H and O–H groups in total. The lowest BCUT2D eigenvalue weighted by Crippen LogP contribution is -2.06. The summed E-state index contributed by atoms with van der Waals surface area (Å²) in [6, 6.07) is 12.2. The van der Waals surface area contributed by atoms with Gasteiger partial charge in [0.25, 0.3) is 0 Å². The Morgan fingerprint density at radius 1 is 1.11 bits per heavy atom. The van der Waals surface area contributed by atoms with Crippen LogP contribution in [0.2, 0.25) is 0 Å². The van der Waals surface area contributed by atoms with Crippen LogP contribution in [0.1, 0.15) is 23.6 Å². The van der Waals surface area contributed by atoms with Gasteiger partial charge in [0.2, 0.25) is 0 Å². The average molecular weight is 243 g/mol. The molecule has 3 heteroatoms. The highest BCUT2D eigenvalue weighted by Crippen LogP contribution is 2.38. The van der Waals surface area contributed by atoms with E-state index in [9.17, 15) is 9.50 Å². The Labute approximate surface area is 105 Å². The predicted molar refractivity (Wildman–Crippen MR) is 69.2 cm³/mol. The molecular formula is C15H14FNO. The third-order valence-electron chi connectivity index (χ3n) is 3.43. The molecule has 0 heterocycles. The monoisotopic (exact) mass is 243 g/mol. The molecule has 1 atom stereocenters. The normalized spacial score (nSPS) is 17.5. The third kappa shape index (κ3) is 1.92. The molecular weight excluding hydrogens is 229 g/mol.